The van der Waals surface area contributed by atoms with Crippen LogP contribution in [0.4, 0.5) is 0 Å². The molecule has 2 aromatic rings. The SMILES string of the molecule is CCC(CN)c1nc(-c2ccc(Br)cn2)no1. The van der Waals surface area contributed by atoms with Gasteiger partial charge in [-0.25, -0.2) is 0 Å². The second-order valence-electron chi connectivity index (χ2n) is 3.66. The molecule has 2 heterocycles. The van der Waals surface area contributed by atoms with Crippen LogP contribution in [0.2, 0.25) is 0 Å². The van der Waals surface area contributed by atoms with E-state index in [-0.39, 0.29) is 5.92 Å². The molecule has 6 heteroatoms. The summed E-state index contributed by atoms with van der Waals surface area (Å²) >= 11 is 3.33. The van der Waals surface area contributed by atoms with Crippen LogP contribution < -0.4 is 5.73 Å². The number of aromatic nitrogens is 3. The Labute approximate surface area is 108 Å². The van der Waals surface area contributed by atoms with Crippen LogP contribution in [-0.4, -0.2) is 21.7 Å². The van der Waals surface area contributed by atoms with E-state index in [1.165, 1.54) is 0 Å². The molecule has 2 rings (SSSR count). The average Bonchev–Trinajstić information content (AvgIpc) is 2.81. The smallest absolute Gasteiger partial charge is 0.231 e. The molecule has 0 aromatic carbocycles. The van der Waals surface area contributed by atoms with E-state index in [2.05, 4.69) is 31.1 Å². The first kappa shape index (κ1) is 12.2. The molecule has 0 saturated heterocycles. The third-order valence-electron chi connectivity index (χ3n) is 2.52. The fourth-order valence-corrected chi connectivity index (χ4v) is 1.69. The van der Waals surface area contributed by atoms with Crippen LogP contribution in [0.5, 0.6) is 0 Å². The number of halogens is 1. The van der Waals surface area contributed by atoms with E-state index in [1.54, 1.807) is 6.20 Å². The molecule has 17 heavy (non-hydrogen) atoms. The molecule has 0 radical (unpaired) electrons. The van der Waals surface area contributed by atoms with E-state index < -0.39 is 0 Å². The summed E-state index contributed by atoms with van der Waals surface area (Å²) < 4.78 is 6.12. The summed E-state index contributed by atoms with van der Waals surface area (Å²) in [7, 11) is 0. The lowest BCUT2D eigenvalue weighted by Gasteiger charge is -2.04. The monoisotopic (exact) mass is 296 g/mol. The van der Waals surface area contributed by atoms with Crippen molar-refractivity contribution in [2.24, 2.45) is 5.73 Å². The fraction of sp³-hybridized carbons (Fsp3) is 0.364. The topological polar surface area (TPSA) is 77.8 Å². The van der Waals surface area contributed by atoms with Crippen molar-refractivity contribution in [2.75, 3.05) is 6.54 Å². The van der Waals surface area contributed by atoms with Crippen LogP contribution >= 0.6 is 15.9 Å². The van der Waals surface area contributed by atoms with Crippen molar-refractivity contribution in [3.63, 3.8) is 0 Å². The van der Waals surface area contributed by atoms with Crippen LogP contribution in [0.3, 0.4) is 0 Å². The number of nitrogens with two attached hydrogens (primary N) is 1. The van der Waals surface area contributed by atoms with E-state index in [9.17, 15) is 0 Å². The van der Waals surface area contributed by atoms with Crippen LogP contribution in [-0.2, 0) is 0 Å². The molecular weight excluding hydrogens is 284 g/mol. The predicted molar refractivity (Wildman–Crippen MR) is 67.3 cm³/mol. The van der Waals surface area contributed by atoms with E-state index in [4.69, 9.17) is 10.3 Å². The molecule has 0 amide bonds. The van der Waals surface area contributed by atoms with Gasteiger partial charge in [0.15, 0.2) is 0 Å². The highest BCUT2D eigenvalue weighted by Crippen LogP contribution is 2.20. The molecule has 1 unspecified atom stereocenters. The van der Waals surface area contributed by atoms with Crippen molar-refractivity contribution in [1.29, 1.82) is 0 Å². The summed E-state index contributed by atoms with van der Waals surface area (Å²) in [5.74, 6) is 1.20. The lowest BCUT2D eigenvalue weighted by Crippen LogP contribution is -2.11. The van der Waals surface area contributed by atoms with Gasteiger partial charge in [-0.15, -0.1) is 0 Å². The van der Waals surface area contributed by atoms with E-state index >= 15 is 0 Å². The highest BCUT2D eigenvalue weighted by Gasteiger charge is 2.16. The Bertz CT molecular complexity index is 478. The minimum atomic E-state index is 0.117. The second-order valence-corrected chi connectivity index (χ2v) is 4.57. The molecule has 2 N–H and O–H groups in total. The third kappa shape index (κ3) is 2.70. The molecule has 0 fully saturated rings. The molecule has 0 bridgehead atoms. The van der Waals surface area contributed by atoms with Crippen LogP contribution in [0.15, 0.2) is 27.3 Å². The number of hydrogen-bond donors (Lipinski definition) is 1. The standard InChI is InChI=1S/C11H13BrN4O/c1-2-7(5-13)11-15-10(16-17-11)9-4-3-8(12)6-14-9/h3-4,6-7H,2,5,13H2,1H3. The van der Waals surface area contributed by atoms with Crippen molar-refractivity contribution < 1.29 is 4.52 Å². The summed E-state index contributed by atoms with van der Waals surface area (Å²) in [6, 6.07) is 3.72. The maximum Gasteiger partial charge on any atom is 0.231 e. The van der Waals surface area contributed by atoms with Crippen LogP contribution in [0, 0.1) is 0 Å². The summed E-state index contributed by atoms with van der Waals surface area (Å²) in [4.78, 5) is 8.53. The van der Waals surface area contributed by atoms with Gasteiger partial charge in [0.2, 0.25) is 11.7 Å². The van der Waals surface area contributed by atoms with Crippen molar-refractivity contribution in [1.82, 2.24) is 15.1 Å². The first-order valence-corrected chi connectivity index (χ1v) is 6.19. The van der Waals surface area contributed by atoms with Gasteiger partial charge in [0.1, 0.15) is 5.69 Å². The maximum absolute atomic E-state index is 5.63. The maximum atomic E-state index is 5.63. The summed E-state index contributed by atoms with van der Waals surface area (Å²) in [5.41, 5.74) is 6.32. The molecule has 0 aliphatic carbocycles. The van der Waals surface area contributed by atoms with Crippen molar-refractivity contribution in [2.45, 2.75) is 19.3 Å². The average molecular weight is 297 g/mol. The normalized spacial score (nSPS) is 12.6. The predicted octanol–water partition coefficient (Wildman–Crippen LogP) is 2.35. The first-order chi connectivity index (χ1) is 8.24. The number of nitrogens with zero attached hydrogens (tertiary/aromatic N) is 3. The molecule has 0 saturated carbocycles. The van der Waals surface area contributed by atoms with Gasteiger partial charge in [-0.2, -0.15) is 4.98 Å². The number of hydrogen-bond acceptors (Lipinski definition) is 5. The van der Waals surface area contributed by atoms with Crippen LogP contribution in [0.25, 0.3) is 11.5 Å². The fourth-order valence-electron chi connectivity index (χ4n) is 1.46. The number of pyridine rings is 1. The van der Waals surface area contributed by atoms with Gasteiger partial charge < -0.3 is 10.3 Å². The summed E-state index contributed by atoms with van der Waals surface area (Å²) in [5, 5.41) is 3.91. The van der Waals surface area contributed by atoms with Crippen molar-refractivity contribution >= 4 is 15.9 Å². The molecule has 0 spiro atoms. The molecule has 1 atom stereocenters. The second kappa shape index (κ2) is 5.37. The summed E-state index contributed by atoms with van der Waals surface area (Å²) in [6.07, 6.45) is 2.58. The zero-order chi connectivity index (χ0) is 12.3. The zero-order valence-corrected chi connectivity index (χ0v) is 11.0. The Morgan fingerprint density at radius 3 is 2.88 bits per heavy atom. The van der Waals surface area contributed by atoms with Gasteiger partial charge >= 0.3 is 0 Å². The van der Waals surface area contributed by atoms with Gasteiger partial charge in [0, 0.05) is 17.2 Å². The van der Waals surface area contributed by atoms with Gasteiger partial charge in [0.05, 0.1) is 5.92 Å². The molecule has 5 nitrogen and oxygen atoms in total. The van der Waals surface area contributed by atoms with Crippen molar-refractivity contribution in [3.05, 3.63) is 28.7 Å². The third-order valence-corrected chi connectivity index (χ3v) is 2.99. The largest absolute Gasteiger partial charge is 0.339 e. The van der Waals surface area contributed by atoms with E-state index in [0.29, 0.717) is 24.0 Å². The Morgan fingerprint density at radius 2 is 2.29 bits per heavy atom. The Kier molecular flexibility index (Phi) is 3.86. The van der Waals surface area contributed by atoms with Crippen molar-refractivity contribution in [3.8, 4) is 11.5 Å². The molecule has 0 aliphatic rings. The summed E-state index contributed by atoms with van der Waals surface area (Å²) in [6.45, 7) is 2.55. The van der Waals surface area contributed by atoms with Gasteiger partial charge in [-0.1, -0.05) is 12.1 Å². The Morgan fingerprint density at radius 1 is 1.47 bits per heavy atom. The molecule has 90 valence electrons. The van der Waals surface area contributed by atoms with Crippen LogP contribution in [0.1, 0.15) is 25.2 Å². The lowest BCUT2D eigenvalue weighted by molar-refractivity contribution is 0.351. The number of rotatable bonds is 4. The quantitative estimate of drug-likeness (QED) is 0.937. The van der Waals surface area contributed by atoms with E-state index in [1.807, 2.05) is 19.1 Å². The lowest BCUT2D eigenvalue weighted by atomic mass is 10.1. The Hall–Kier alpha value is -1.27. The van der Waals surface area contributed by atoms with Gasteiger partial charge in [-0.05, 0) is 34.5 Å². The highest BCUT2D eigenvalue weighted by molar-refractivity contribution is 9.10. The molecule has 0 aliphatic heterocycles. The van der Waals surface area contributed by atoms with E-state index in [0.717, 1.165) is 10.9 Å². The highest BCUT2D eigenvalue weighted by atomic mass is 79.9. The minimum Gasteiger partial charge on any atom is -0.339 e. The first-order valence-electron chi connectivity index (χ1n) is 5.40. The molecular formula is C11H13BrN4O. The molecule has 2 aromatic heterocycles. The Balaban J connectivity index is 2.26. The zero-order valence-electron chi connectivity index (χ0n) is 9.43. The minimum absolute atomic E-state index is 0.117. The van der Waals surface area contributed by atoms with Gasteiger partial charge in [0.25, 0.3) is 0 Å². The van der Waals surface area contributed by atoms with Gasteiger partial charge in [-0.3, -0.25) is 4.98 Å².